The molecule has 0 spiro atoms. The van der Waals surface area contributed by atoms with Gasteiger partial charge in [0.25, 0.3) is 7.82 Å². The average Bonchev–Trinajstić information content (AvgIpc) is 3.41. The molecule has 0 aromatic rings. The van der Waals surface area contributed by atoms with Crippen LogP contribution in [0.4, 0.5) is 0 Å². The van der Waals surface area contributed by atoms with E-state index in [1.807, 2.05) is 33.3 Å². The van der Waals surface area contributed by atoms with E-state index >= 15 is 0 Å². The minimum atomic E-state index is -4.70. The fourth-order valence-corrected chi connectivity index (χ4v) is 9.97. The summed E-state index contributed by atoms with van der Waals surface area (Å²) in [7, 11) is 1.17. The molecular formula is C69H125N2O7P. The van der Waals surface area contributed by atoms with Crippen molar-refractivity contribution in [1.29, 1.82) is 0 Å². The molecule has 3 unspecified atom stereocenters. The van der Waals surface area contributed by atoms with Crippen LogP contribution in [0.1, 0.15) is 290 Å². The van der Waals surface area contributed by atoms with E-state index in [1.54, 1.807) is 0 Å². The Morgan fingerprint density at radius 2 is 0.810 bits per heavy atom. The number of unbranched alkanes of at least 4 members (excludes halogenated alkanes) is 31. The SMILES string of the molecule is CC/C=C\C/C=C\C/C=C\C/C=C\C/C=C\CCCCCCCCCCCC(=O)OC(/C=C\CCCCCCCCCCC)C(COP(=O)([O-])OCC[N+](C)(C)C)NC(=O)CCCCCCCCC/C=C/CCCCCCCC. The minimum Gasteiger partial charge on any atom is -0.756 e. The first-order valence-electron chi connectivity index (χ1n) is 32.9. The zero-order valence-corrected chi connectivity index (χ0v) is 53.2. The fraction of sp³-hybridized carbons (Fsp3) is 0.768. The number of phosphoric ester groups is 1. The first-order chi connectivity index (χ1) is 38.4. The van der Waals surface area contributed by atoms with E-state index in [0.29, 0.717) is 17.4 Å². The summed E-state index contributed by atoms with van der Waals surface area (Å²) in [6.45, 7) is 6.73. The third-order valence-electron chi connectivity index (χ3n) is 14.3. The molecule has 0 heterocycles. The highest BCUT2D eigenvalue weighted by atomic mass is 31.2. The normalized spacial score (nSPS) is 14.2. The van der Waals surface area contributed by atoms with Crippen LogP contribution in [-0.2, 0) is 27.9 Å². The standard InChI is InChI=1S/C69H125N2O7P/c1-7-10-13-16-19-22-25-27-29-31-32-33-34-35-36-37-38-40-42-44-47-50-53-56-59-62-69(73)78-67(60-57-54-51-48-45-24-21-18-15-12-9-3)66(65-77-79(74,75)76-64-63-71(4,5)6)70-68(72)61-58-55-52-49-46-43-41-39-30-28-26-23-20-17-14-11-8-2/h10,13,19,22,27-30,32-33,35-36,57,60,66-67H,7-9,11-12,14-18,20-21,23-26,31,34,37-56,58-59,61-65H2,1-6H3,(H-,70,72,74,75)/b13-10-,22-19-,29-27-,30-28+,33-32-,36-35-,60-57-. The van der Waals surface area contributed by atoms with Crippen molar-refractivity contribution < 1.29 is 37.3 Å². The summed E-state index contributed by atoms with van der Waals surface area (Å²) in [5.74, 6) is -0.551. The fourth-order valence-electron chi connectivity index (χ4n) is 9.25. The van der Waals surface area contributed by atoms with Crippen LogP contribution in [-0.4, -0.2) is 69.4 Å². The zero-order valence-electron chi connectivity index (χ0n) is 52.3. The third kappa shape index (κ3) is 59.6. The second-order valence-corrected chi connectivity index (χ2v) is 24.6. The van der Waals surface area contributed by atoms with E-state index in [-0.39, 0.29) is 24.9 Å². The van der Waals surface area contributed by atoms with Gasteiger partial charge in [0.05, 0.1) is 33.8 Å². The quantitative estimate of drug-likeness (QED) is 0.0212. The molecule has 0 saturated carbocycles. The summed E-state index contributed by atoms with van der Waals surface area (Å²) < 4.78 is 30.3. The lowest BCUT2D eigenvalue weighted by atomic mass is 10.0. The third-order valence-corrected chi connectivity index (χ3v) is 15.3. The highest BCUT2D eigenvalue weighted by Crippen LogP contribution is 2.38. The number of rotatable bonds is 59. The number of ether oxygens (including phenoxy) is 1. The minimum absolute atomic E-state index is 0.0266. The number of hydrogen-bond acceptors (Lipinski definition) is 7. The second kappa shape index (κ2) is 58.4. The lowest BCUT2D eigenvalue weighted by Crippen LogP contribution is -2.47. The summed E-state index contributed by atoms with van der Waals surface area (Å²) in [5.41, 5.74) is 0. The maximum absolute atomic E-state index is 13.5. The van der Waals surface area contributed by atoms with Gasteiger partial charge in [0.1, 0.15) is 19.3 Å². The van der Waals surface area contributed by atoms with Crippen LogP contribution in [0.5, 0.6) is 0 Å². The molecule has 0 aromatic heterocycles. The summed E-state index contributed by atoms with van der Waals surface area (Å²) in [6, 6.07) is -0.896. The van der Waals surface area contributed by atoms with Gasteiger partial charge >= 0.3 is 5.97 Å². The zero-order chi connectivity index (χ0) is 57.9. The van der Waals surface area contributed by atoms with Gasteiger partial charge in [0, 0.05) is 12.8 Å². The number of nitrogens with one attached hydrogen (secondary N) is 1. The van der Waals surface area contributed by atoms with Gasteiger partial charge in [-0.25, -0.2) is 0 Å². The predicted octanol–water partition coefficient (Wildman–Crippen LogP) is 19.9. The van der Waals surface area contributed by atoms with Crippen LogP contribution in [0, 0.1) is 0 Å². The van der Waals surface area contributed by atoms with Gasteiger partial charge in [0.2, 0.25) is 5.91 Å². The van der Waals surface area contributed by atoms with E-state index in [4.69, 9.17) is 13.8 Å². The molecule has 0 rings (SSSR count). The van der Waals surface area contributed by atoms with E-state index in [2.05, 4.69) is 99.0 Å². The topological polar surface area (TPSA) is 114 Å². The molecule has 0 aliphatic rings. The molecule has 0 bridgehead atoms. The number of carbonyl (C=O) groups excluding carboxylic acids is 2. The van der Waals surface area contributed by atoms with Crippen molar-refractivity contribution in [2.24, 2.45) is 0 Å². The summed E-state index contributed by atoms with van der Waals surface area (Å²) in [4.78, 5) is 40.0. The van der Waals surface area contributed by atoms with Crippen LogP contribution < -0.4 is 10.2 Å². The van der Waals surface area contributed by atoms with Crippen molar-refractivity contribution in [2.75, 3.05) is 40.9 Å². The summed E-state index contributed by atoms with van der Waals surface area (Å²) >= 11 is 0. The van der Waals surface area contributed by atoms with Crippen LogP contribution in [0.3, 0.4) is 0 Å². The molecule has 0 aliphatic heterocycles. The molecule has 0 saturated heterocycles. The Kier molecular flexibility index (Phi) is 56.3. The number of phosphoric acid groups is 1. The number of likely N-dealkylation sites (N-methyl/N-ethyl adjacent to an activating group) is 1. The highest BCUT2D eigenvalue weighted by molar-refractivity contribution is 7.45. The Labute approximate surface area is 488 Å². The van der Waals surface area contributed by atoms with Gasteiger partial charge in [-0.2, -0.15) is 0 Å². The van der Waals surface area contributed by atoms with Crippen LogP contribution in [0.2, 0.25) is 0 Å². The first kappa shape index (κ1) is 76.2. The number of hydrogen-bond donors (Lipinski definition) is 1. The molecule has 0 radical (unpaired) electrons. The number of allylic oxidation sites excluding steroid dienone is 13. The molecule has 79 heavy (non-hydrogen) atoms. The number of nitrogens with zero attached hydrogens (tertiary/aromatic N) is 1. The van der Waals surface area contributed by atoms with Gasteiger partial charge in [-0.05, 0) is 102 Å². The smallest absolute Gasteiger partial charge is 0.306 e. The maximum atomic E-state index is 13.5. The lowest BCUT2D eigenvalue weighted by Gasteiger charge is -2.30. The van der Waals surface area contributed by atoms with Crippen molar-refractivity contribution >= 4 is 19.7 Å². The second-order valence-electron chi connectivity index (χ2n) is 23.2. The predicted molar refractivity (Wildman–Crippen MR) is 339 cm³/mol. The molecule has 3 atom stereocenters. The molecule has 0 aromatic carbocycles. The van der Waals surface area contributed by atoms with Crippen LogP contribution in [0.15, 0.2) is 85.1 Å². The van der Waals surface area contributed by atoms with Gasteiger partial charge in [-0.1, -0.05) is 260 Å². The number of carbonyl (C=O) groups is 2. The molecule has 0 aliphatic carbocycles. The molecule has 0 fully saturated rings. The van der Waals surface area contributed by atoms with Gasteiger partial charge < -0.3 is 28.5 Å². The van der Waals surface area contributed by atoms with Gasteiger partial charge in [-0.3, -0.25) is 14.2 Å². The van der Waals surface area contributed by atoms with Crippen LogP contribution >= 0.6 is 7.82 Å². The molecule has 10 heteroatoms. The van der Waals surface area contributed by atoms with Crippen molar-refractivity contribution in [3.05, 3.63) is 85.1 Å². The number of esters is 1. The first-order valence-corrected chi connectivity index (χ1v) is 34.4. The van der Waals surface area contributed by atoms with Crippen LogP contribution in [0.25, 0.3) is 0 Å². The molecular weight excluding hydrogens is 1000 g/mol. The van der Waals surface area contributed by atoms with E-state index in [9.17, 15) is 19.0 Å². The Morgan fingerprint density at radius 1 is 0.456 bits per heavy atom. The molecule has 1 amide bonds. The summed E-state index contributed by atoms with van der Waals surface area (Å²) in [6.07, 6.45) is 76.9. The number of amides is 1. The van der Waals surface area contributed by atoms with Crippen molar-refractivity contribution in [3.8, 4) is 0 Å². The Hall–Kier alpha value is -2.81. The largest absolute Gasteiger partial charge is 0.756 e. The Bertz CT molecular complexity index is 1630. The van der Waals surface area contributed by atoms with E-state index < -0.39 is 26.6 Å². The monoisotopic (exact) mass is 1120 g/mol. The van der Waals surface area contributed by atoms with Gasteiger partial charge in [0.15, 0.2) is 0 Å². The van der Waals surface area contributed by atoms with Gasteiger partial charge in [-0.15, -0.1) is 0 Å². The average molecular weight is 1130 g/mol. The Balaban J connectivity index is 5.12. The van der Waals surface area contributed by atoms with Crippen molar-refractivity contribution in [2.45, 2.75) is 303 Å². The van der Waals surface area contributed by atoms with Crippen molar-refractivity contribution in [3.63, 3.8) is 0 Å². The molecule has 9 nitrogen and oxygen atoms in total. The molecule has 1 N–H and O–H groups in total. The van der Waals surface area contributed by atoms with E-state index in [1.165, 1.54) is 141 Å². The van der Waals surface area contributed by atoms with E-state index in [0.717, 1.165) is 116 Å². The lowest BCUT2D eigenvalue weighted by molar-refractivity contribution is -0.870. The highest BCUT2D eigenvalue weighted by Gasteiger charge is 2.27. The number of quaternary nitrogens is 1. The van der Waals surface area contributed by atoms with Crippen molar-refractivity contribution in [1.82, 2.24) is 5.32 Å². The summed E-state index contributed by atoms with van der Waals surface area (Å²) in [5, 5.41) is 3.03. The maximum Gasteiger partial charge on any atom is 0.306 e. The molecule has 458 valence electrons. The Morgan fingerprint density at radius 3 is 1.23 bits per heavy atom.